The monoisotopic (exact) mass is 227 g/mol. The molecule has 0 amide bonds. The first-order valence-electron chi connectivity index (χ1n) is 6.97. The molecule has 0 aromatic heterocycles. The smallest absolute Gasteiger partial charge is 0.0608 e. The Balaban J connectivity index is 2.33. The summed E-state index contributed by atoms with van der Waals surface area (Å²) in [4.78, 5) is 0. The van der Waals surface area contributed by atoms with Crippen molar-refractivity contribution in [2.24, 2.45) is 17.8 Å². The Morgan fingerprint density at radius 3 is 2.69 bits per heavy atom. The molecule has 1 saturated carbocycles. The molecule has 0 aliphatic heterocycles. The van der Waals surface area contributed by atoms with Crippen LogP contribution in [0.3, 0.4) is 0 Å². The summed E-state index contributed by atoms with van der Waals surface area (Å²) in [5, 5.41) is 3.32. The minimum atomic E-state index is 0.502. The van der Waals surface area contributed by atoms with E-state index in [4.69, 9.17) is 4.74 Å². The summed E-state index contributed by atoms with van der Waals surface area (Å²) in [5.41, 5.74) is 0. The van der Waals surface area contributed by atoms with Crippen LogP contribution in [0.1, 0.15) is 47.0 Å². The van der Waals surface area contributed by atoms with E-state index in [2.05, 4.69) is 33.0 Å². The largest absolute Gasteiger partial charge is 0.377 e. The first kappa shape index (κ1) is 14.0. The van der Waals surface area contributed by atoms with Crippen molar-refractivity contribution in [3.8, 4) is 0 Å². The van der Waals surface area contributed by atoms with Gasteiger partial charge < -0.3 is 10.1 Å². The normalized spacial score (nSPS) is 30.9. The third kappa shape index (κ3) is 4.42. The summed E-state index contributed by atoms with van der Waals surface area (Å²) >= 11 is 0. The molecular weight excluding hydrogens is 198 g/mol. The molecule has 3 unspecified atom stereocenters. The van der Waals surface area contributed by atoms with E-state index < -0.39 is 0 Å². The molecule has 1 fully saturated rings. The molecule has 0 aromatic rings. The Bertz CT molecular complexity index is 182. The average molecular weight is 227 g/mol. The molecule has 1 N–H and O–H groups in total. The number of nitrogens with one attached hydrogen (secondary N) is 1. The number of rotatable bonds is 6. The van der Waals surface area contributed by atoms with Crippen LogP contribution in [0.2, 0.25) is 0 Å². The van der Waals surface area contributed by atoms with E-state index in [1.807, 2.05) is 0 Å². The van der Waals surface area contributed by atoms with Gasteiger partial charge in [0.2, 0.25) is 0 Å². The van der Waals surface area contributed by atoms with E-state index in [-0.39, 0.29) is 0 Å². The lowest BCUT2D eigenvalue weighted by atomic mass is 9.75. The van der Waals surface area contributed by atoms with Gasteiger partial charge in [-0.1, -0.05) is 34.1 Å². The number of hydrogen-bond donors (Lipinski definition) is 1. The Morgan fingerprint density at radius 1 is 1.31 bits per heavy atom. The molecular formula is C14H29NO. The molecule has 0 bridgehead atoms. The van der Waals surface area contributed by atoms with E-state index >= 15 is 0 Å². The number of hydrogen-bond acceptors (Lipinski definition) is 2. The van der Waals surface area contributed by atoms with Crippen LogP contribution in [0, 0.1) is 17.8 Å². The third-order valence-electron chi connectivity index (χ3n) is 3.82. The van der Waals surface area contributed by atoms with Crippen LogP contribution in [-0.4, -0.2) is 25.8 Å². The van der Waals surface area contributed by atoms with Gasteiger partial charge in [-0.3, -0.25) is 0 Å². The van der Waals surface area contributed by atoms with E-state index in [0.29, 0.717) is 6.10 Å². The van der Waals surface area contributed by atoms with Gasteiger partial charge in [0.05, 0.1) is 12.7 Å². The lowest BCUT2D eigenvalue weighted by Crippen LogP contribution is -2.35. The minimum Gasteiger partial charge on any atom is -0.377 e. The van der Waals surface area contributed by atoms with Gasteiger partial charge in [-0.25, -0.2) is 0 Å². The maximum atomic E-state index is 6.07. The van der Waals surface area contributed by atoms with Crippen LogP contribution in [-0.2, 0) is 4.74 Å². The lowest BCUT2D eigenvalue weighted by Gasteiger charge is -2.37. The number of likely N-dealkylation sites (N-methyl/N-ethyl adjacent to an activating group) is 1. The molecule has 0 radical (unpaired) electrons. The molecule has 2 nitrogen and oxygen atoms in total. The van der Waals surface area contributed by atoms with Crippen molar-refractivity contribution in [2.45, 2.75) is 53.1 Å². The second-order valence-corrected chi connectivity index (χ2v) is 5.59. The van der Waals surface area contributed by atoms with Crippen LogP contribution in [0.15, 0.2) is 0 Å². The molecule has 1 aliphatic rings. The van der Waals surface area contributed by atoms with Crippen molar-refractivity contribution in [1.82, 2.24) is 5.32 Å². The van der Waals surface area contributed by atoms with Crippen molar-refractivity contribution < 1.29 is 4.74 Å². The molecule has 3 atom stereocenters. The zero-order valence-electron chi connectivity index (χ0n) is 11.5. The van der Waals surface area contributed by atoms with Crippen LogP contribution in [0.5, 0.6) is 0 Å². The Kier molecular flexibility index (Phi) is 6.37. The molecule has 0 saturated heterocycles. The van der Waals surface area contributed by atoms with E-state index in [9.17, 15) is 0 Å². The summed E-state index contributed by atoms with van der Waals surface area (Å²) < 4.78 is 6.07. The van der Waals surface area contributed by atoms with Gasteiger partial charge in [0.1, 0.15) is 0 Å². The van der Waals surface area contributed by atoms with Crippen molar-refractivity contribution in [2.75, 3.05) is 19.7 Å². The Hall–Kier alpha value is -0.0800. The maximum absolute atomic E-state index is 6.07. The van der Waals surface area contributed by atoms with Gasteiger partial charge in [-0.05, 0) is 37.1 Å². The van der Waals surface area contributed by atoms with Gasteiger partial charge >= 0.3 is 0 Å². The molecule has 0 aromatic carbocycles. The van der Waals surface area contributed by atoms with Crippen LogP contribution < -0.4 is 5.32 Å². The fourth-order valence-electron chi connectivity index (χ4n) is 2.77. The predicted molar refractivity (Wildman–Crippen MR) is 69.6 cm³/mol. The lowest BCUT2D eigenvalue weighted by molar-refractivity contribution is -0.0366. The molecule has 0 spiro atoms. The van der Waals surface area contributed by atoms with Gasteiger partial charge in [0.15, 0.2) is 0 Å². The van der Waals surface area contributed by atoms with E-state index in [0.717, 1.165) is 37.5 Å². The summed E-state index contributed by atoms with van der Waals surface area (Å²) in [7, 11) is 0. The zero-order chi connectivity index (χ0) is 12.0. The summed E-state index contributed by atoms with van der Waals surface area (Å²) in [6, 6.07) is 0. The molecule has 16 heavy (non-hydrogen) atoms. The highest BCUT2D eigenvalue weighted by atomic mass is 16.5. The summed E-state index contributed by atoms with van der Waals surface area (Å²) in [6.07, 6.45) is 4.50. The van der Waals surface area contributed by atoms with Crippen LogP contribution in [0.25, 0.3) is 0 Å². The second-order valence-electron chi connectivity index (χ2n) is 5.59. The number of ether oxygens (including phenoxy) is 1. The third-order valence-corrected chi connectivity index (χ3v) is 3.82. The van der Waals surface area contributed by atoms with E-state index in [1.54, 1.807) is 0 Å². The molecule has 0 heterocycles. The highest BCUT2D eigenvalue weighted by Gasteiger charge is 2.30. The van der Waals surface area contributed by atoms with Crippen molar-refractivity contribution in [3.05, 3.63) is 0 Å². The van der Waals surface area contributed by atoms with Crippen molar-refractivity contribution >= 4 is 0 Å². The molecule has 1 rings (SSSR count). The fraction of sp³-hybridized carbons (Fsp3) is 1.00. The minimum absolute atomic E-state index is 0.502. The quantitative estimate of drug-likeness (QED) is 0.704. The highest BCUT2D eigenvalue weighted by Crippen LogP contribution is 2.35. The second kappa shape index (κ2) is 7.29. The Morgan fingerprint density at radius 2 is 2.06 bits per heavy atom. The molecule has 1 aliphatic carbocycles. The standard InChI is InChI=1S/C14H29NO/c1-5-15-8-9-16-14-10-12(4)6-7-13(14)11(2)3/h11-15H,5-10H2,1-4H3. The van der Waals surface area contributed by atoms with Gasteiger partial charge in [0, 0.05) is 6.54 Å². The van der Waals surface area contributed by atoms with Gasteiger partial charge in [-0.2, -0.15) is 0 Å². The summed E-state index contributed by atoms with van der Waals surface area (Å²) in [6.45, 7) is 12.1. The predicted octanol–water partition coefficient (Wildman–Crippen LogP) is 3.07. The van der Waals surface area contributed by atoms with Crippen LogP contribution >= 0.6 is 0 Å². The fourth-order valence-corrected chi connectivity index (χ4v) is 2.77. The van der Waals surface area contributed by atoms with Gasteiger partial charge in [-0.15, -0.1) is 0 Å². The average Bonchev–Trinajstić information content (AvgIpc) is 2.24. The van der Waals surface area contributed by atoms with Crippen molar-refractivity contribution in [1.29, 1.82) is 0 Å². The molecule has 96 valence electrons. The SMILES string of the molecule is CCNCCOC1CC(C)CCC1C(C)C. The maximum Gasteiger partial charge on any atom is 0.0608 e. The Labute approximate surface area is 101 Å². The zero-order valence-corrected chi connectivity index (χ0v) is 11.5. The van der Waals surface area contributed by atoms with Gasteiger partial charge in [0.25, 0.3) is 0 Å². The first-order valence-corrected chi connectivity index (χ1v) is 6.97. The summed E-state index contributed by atoms with van der Waals surface area (Å²) in [5.74, 6) is 2.38. The first-order chi connectivity index (χ1) is 7.65. The van der Waals surface area contributed by atoms with E-state index in [1.165, 1.54) is 19.3 Å². The highest BCUT2D eigenvalue weighted by molar-refractivity contribution is 4.81. The van der Waals surface area contributed by atoms with Crippen LogP contribution in [0.4, 0.5) is 0 Å². The topological polar surface area (TPSA) is 21.3 Å². The molecule has 2 heteroatoms. The van der Waals surface area contributed by atoms with Crippen molar-refractivity contribution in [3.63, 3.8) is 0 Å².